The molecule has 0 radical (unpaired) electrons. The van der Waals surface area contributed by atoms with Crippen molar-refractivity contribution in [2.45, 2.75) is 26.2 Å². The number of hydrogen-bond donors (Lipinski definition) is 0. The Morgan fingerprint density at radius 2 is 1.15 bits per heavy atom. The van der Waals surface area contributed by atoms with Crippen molar-refractivity contribution in [3.05, 3.63) is 125 Å². The first-order chi connectivity index (χ1) is 23.2. The SMILES string of the molecule is CCCCc1ccc2nc3c4c5cc(-c6ccccc6)c6ccc7ccc8c(-c9ccccc9)cc(c4c(=O)n3c2n1)c1c8c7c6c51. The predicted octanol–water partition coefficient (Wildman–Crippen LogP) is 10.6. The van der Waals surface area contributed by atoms with Crippen molar-refractivity contribution in [3.63, 3.8) is 0 Å². The molecule has 3 heterocycles. The zero-order chi connectivity index (χ0) is 31.0. The fourth-order valence-corrected chi connectivity index (χ4v) is 8.56. The van der Waals surface area contributed by atoms with Gasteiger partial charge in [-0.25, -0.2) is 14.4 Å². The predicted molar refractivity (Wildman–Crippen MR) is 196 cm³/mol. The van der Waals surface area contributed by atoms with Gasteiger partial charge in [0.2, 0.25) is 0 Å². The largest absolute Gasteiger partial charge is 0.268 e. The maximum Gasteiger partial charge on any atom is 0.266 e. The van der Waals surface area contributed by atoms with E-state index in [0.29, 0.717) is 11.3 Å². The van der Waals surface area contributed by atoms with Crippen molar-refractivity contribution in [2.24, 2.45) is 0 Å². The molecule has 0 fully saturated rings. The smallest absolute Gasteiger partial charge is 0.266 e. The molecule has 0 aliphatic rings. The Morgan fingerprint density at radius 1 is 0.553 bits per heavy atom. The molecular formula is C43H27N3O. The summed E-state index contributed by atoms with van der Waals surface area (Å²) in [4.78, 5) is 25.1. The molecular weight excluding hydrogens is 574 g/mol. The number of rotatable bonds is 5. The van der Waals surface area contributed by atoms with Crippen LogP contribution < -0.4 is 5.56 Å². The molecule has 11 rings (SSSR count). The van der Waals surface area contributed by atoms with E-state index in [1.54, 1.807) is 4.40 Å². The number of hydrogen-bond acceptors (Lipinski definition) is 3. The average Bonchev–Trinajstić information content (AvgIpc) is 3.77. The van der Waals surface area contributed by atoms with Crippen LogP contribution in [0.4, 0.5) is 0 Å². The molecule has 0 unspecified atom stereocenters. The maximum absolute atomic E-state index is 14.9. The molecule has 0 atom stereocenters. The van der Waals surface area contributed by atoms with Crippen LogP contribution in [0.15, 0.2) is 114 Å². The van der Waals surface area contributed by atoms with Gasteiger partial charge in [-0.05, 0) is 113 Å². The van der Waals surface area contributed by atoms with Gasteiger partial charge in [0.25, 0.3) is 5.56 Å². The van der Waals surface area contributed by atoms with E-state index in [1.165, 1.54) is 48.7 Å². The van der Waals surface area contributed by atoms with E-state index >= 15 is 0 Å². The van der Waals surface area contributed by atoms with Gasteiger partial charge in [0, 0.05) is 11.1 Å². The Kier molecular flexibility index (Phi) is 4.79. The lowest BCUT2D eigenvalue weighted by molar-refractivity contribution is 0.778. The zero-order valence-corrected chi connectivity index (χ0v) is 25.8. The summed E-state index contributed by atoms with van der Waals surface area (Å²) >= 11 is 0. The van der Waals surface area contributed by atoms with Gasteiger partial charge in [-0.15, -0.1) is 0 Å². The quantitative estimate of drug-likeness (QED) is 0.184. The average molecular weight is 602 g/mol. The fraction of sp³-hybridized carbons (Fsp3) is 0.0930. The van der Waals surface area contributed by atoms with Crippen LogP contribution in [0.3, 0.4) is 0 Å². The first kappa shape index (κ1) is 25.3. The van der Waals surface area contributed by atoms with E-state index in [4.69, 9.17) is 9.97 Å². The minimum absolute atomic E-state index is 0.0395. The van der Waals surface area contributed by atoms with E-state index in [1.807, 2.05) is 6.07 Å². The number of fused-ring (bicyclic) bond motifs is 7. The van der Waals surface area contributed by atoms with Crippen LogP contribution in [0.5, 0.6) is 0 Å². The molecule has 0 aliphatic carbocycles. The summed E-state index contributed by atoms with van der Waals surface area (Å²) in [6.45, 7) is 2.19. The van der Waals surface area contributed by atoms with Crippen molar-refractivity contribution < 1.29 is 0 Å². The molecule has 0 amide bonds. The Balaban J connectivity index is 1.43. The molecule has 4 nitrogen and oxygen atoms in total. The van der Waals surface area contributed by atoms with Gasteiger partial charge in [0.1, 0.15) is 5.52 Å². The first-order valence-electron chi connectivity index (χ1n) is 16.5. The summed E-state index contributed by atoms with van der Waals surface area (Å²) in [5, 5.41) is 13.7. The highest BCUT2D eigenvalue weighted by atomic mass is 16.1. The number of aromatic nitrogens is 3. The minimum atomic E-state index is -0.0395. The number of pyridine rings is 1. The number of benzene rings is 7. The molecule has 4 heteroatoms. The summed E-state index contributed by atoms with van der Waals surface area (Å²) in [7, 11) is 0. The third-order valence-corrected chi connectivity index (χ3v) is 10.6. The van der Waals surface area contributed by atoms with E-state index < -0.39 is 0 Å². The Hall–Kier alpha value is -5.87. The lowest BCUT2D eigenvalue weighted by Crippen LogP contribution is -2.07. The van der Waals surface area contributed by atoms with Crippen molar-refractivity contribution in [1.29, 1.82) is 0 Å². The second-order valence-corrected chi connectivity index (χ2v) is 13.1. The first-order valence-corrected chi connectivity index (χ1v) is 16.5. The monoisotopic (exact) mass is 601 g/mol. The molecule has 11 aromatic rings. The molecule has 0 bridgehead atoms. The molecule has 0 spiro atoms. The maximum atomic E-state index is 14.9. The highest BCUT2D eigenvalue weighted by Crippen LogP contribution is 2.54. The second kappa shape index (κ2) is 8.89. The molecule has 220 valence electrons. The van der Waals surface area contributed by atoms with Crippen LogP contribution in [0, 0.1) is 0 Å². The van der Waals surface area contributed by atoms with Gasteiger partial charge in [0.15, 0.2) is 11.3 Å². The number of imidazole rings is 1. The number of unbranched alkanes of at least 4 members (excludes halogenated alkanes) is 1. The van der Waals surface area contributed by atoms with Crippen molar-refractivity contribution in [2.75, 3.05) is 0 Å². The summed E-state index contributed by atoms with van der Waals surface area (Å²) in [6, 6.07) is 39.0. The zero-order valence-electron chi connectivity index (χ0n) is 25.8. The van der Waals surface area contributed by atoms with Gasteiger partial charge >= 0.3 is 0 Å². The van der Waals surface area contributed by atoms with Crippen molar-refractivity contribution >= 4 is 81.4 Å². The minimum Gasteiger partial charge on any atom is -0.268 e. The molecule has 0 N–H and O–H groups in total. The van der Waals surface area contributed by atoms with Gasteiger partial charge in [-0.1, -0.05) is 98.3 Å². The standard InChI is InChI=1S/C43H27N3O/c1-2-3-14-26-17-20-33-41(44-26)46-42(45-33)39-31-21-29(23-10-6-4-7-11-23)27-18-15-25-16-19-28-30(24-12-8-5-9-13-24)22-32(40(39)43(46)47)38-36(28)34(25)35(27)37(31)38/h4-13,15-22H,2-3,14H2,1H3. The van der Waals surface area contributed by atoms with Crippen molar-refractivity contribution in [3.8, 4) is 22.3 Å². The molecule has 8 aromatic carbocycles. The second-order valence-electron chi connectivity index (χ2n) is 13.1. The van der Waals surface area contributed by atoms with Gasteiger partial charge < -0.3 is 0 Å². The van der Waals surface area contributed by atoms with E-state index in [0.717, 1.165) is 68.7 Å². The summed E-state index contributed by atoms with van der Waals surface area (Å²) in [5.74, 6) is 0. The van der Waals surface area contributed by atoms with E-state index in [9.17, 15) is 4.79 Å². The molecule has 0 saturated heterocycles. The molecule has 0 aliphatic heterocycles. The lowest BCUT2D eigenvalue weighted by Gasteiger charge is -2.13. The topological polar surface area (TPSA) is 47.3 Å². The Labute approximate surface area is 268 Å². The molecule has 0 saturated carbocycles. The van der Waals surface area contributed by atoms with Crippen molar-refractivity contribution in [1.82, 2.24) is 14.4 Å². The Bertz CT molecular complexity index is 3050. The summed E-state index contributed by atoms with van der Waals surface area (Å²) < 4.78 is 1.79. The van der Waals surface area contributed by atoms with Crippen LogP contribution in [-0.2, 0) is 6.42 Å². The van der Waals surface area contributed by atoms with Gasteiger partial charge in [-0.2, -0.15) is 0 Å². The van der Waals surface area contributed by atoms with Crippen LogP contribution >= 0.6 is 0 Å². The van der Waals surface area contributed by atoms with Crippen LogP contribution in [0.2, 0.25) is 0 Å². The van der Waals surface area contributed by atoms with Gasteiger partial charge in [-0.3, -0.25) is 4.79 Å². The van der Waals surface area contributed by atoms with Gasteiger partial charge in [0.05, 0.1) is 5.39 Å². The third-order valence-electron chi connectivity index (χ3n) is 10.6. The molecule has 47 heavy (non-hydrogen) atoms. The highest BCUT2D eigenvalue weighted by molar-refractivity contribution is 6.50. The normalized spacial score (nSPS) is 12.7. The lowest BCUT2D eigenvalue weighted by atomic mass is 9.89. The Morgan fingerprint density at radius 3 is 1.77 bits per heavy atom. The third kappa shape index (κ3) is 3.10. The van der Waals surface area contributed by atoms with Crippen LogP contribution in [0.1, 0.15) is 25.5 Å². The number of nitrogens with zero attached hydrogens (tertiary/aromatic N) is 3. The van der Waals surface area contributed by atoms with Crippen LogP contribution in [-0.4, -0.2) is 14.4 Å². The highest BCUT2D eigenvalue weighted by Gasteiger charge is 2.29. The summed E-state index contributed by atoms with van der Waals surface area (Å²) in [5.41, 5.74) is 7.71. The van der Waals surface area contributed by atoms with Crippen LogP contribution in [0.25, 0.3) is 104 Å². The fourth-order valence-electron chi connectivity index (χ4n) is 8.56. The van der Waals surface area contributed by atoms with E-state index in [-0.39, 0.29) is 5.56 Å². The summed E-state index contributed by atoms with van der Waals surface area (Å²) in [6.07, 6.45) is 3.04. The van der Waals surface area contributed by atoms with E-state index in [2.05, 4.69) is 110 Å². The molecule has 3 aromatic heterocycles. The number of aryl methyl sites for hydroxylation is 1.